The Bertz CT molecular complexity index is 434. The number of carbonyl (C=O) groups excluding carboxylic acids is 1. The number of aromatic carboxylic acids is 1. The van der Waals surface area contributed by atoms with Crippen molar-refractivity contribution in [1.29, 1.82) is 0 Å². The summed E-state index contributed by atoms with van der Waals surface area (Å²) in [7, 11) is 1.94. The molecule has 0 fully saturated rings. The van der Waals surface area contributed by atoms with Gasteiger partial charge in [0.05, 0.1) is 5.56 Å². The average molecular weight is 251 g/mol. The Morgan fingerprint density at radius 2 is 2.22 bits per heavy atom. The van der Waals surface area contributed by atoms with E-state index >= 15 is 0 Å². The fourth-order valence-electron chi connectivity index (χ4n) is 1.36. The third-order valence-corrected chi connectivity index (χ3v) is 2.57. The van der Waals surface area contributed by atoms with Crippen LogP contribution in [0.25, 0.3) is 0 Å². The highest BCUT2D eigenvalue weighted by atomic mass is 16.4. The molecule has 0 spiro atoms. The fourth-order valence-corrected chi connectivity index (χ4v) is 1.36. The molecule has 0 bridgehead atoms. The van der Waals surface area contributed by atoms with Gasteiger partial charge >= 0.3 is 5.97 Å². The van der Waals surface area contributed by atoms with E-state index in [2.05, 4.69) is 10.3 Å². The quantitative estimate of drug-likeness (QED) is 0.767. The molecule has 0 unspecified atom stereocenters. The Balaban J connectivity index is 2.64. The number of pyridine rings is 1. The summed E-state index contributed by atoms with van der Waals surface area (Å²) in [4.78, 5) is 28.6. The number of carbonyl (C=O) groups is 2. The van der Waals surface area contributed by atoms with E-state index in [0.29, 0.717) is 13.1 Å². The van der Waals surface area contributed by atoms with Gasteiger partial charge in [-0.3, -0.25) is 9.78 Å². The molecular formula is C12H17N3O3. The molecule has 1 aromatic heterocycles. The summed E-state index contributed by atoms with van der Waals surface area (Å²) >= 11 is 0. The number of likely N-dealkylation sites (N-methyl/N-ethyl adjacent to an activating group) is 1. The standard InChI is InChI=1S/C12H17N3O3/c1-3-15(2)8-7-14-11(16)10-9(12(17)18)5-4-6-13-10/h4-6H,3,7-8H2,1-2H3,(H,14,16)(H,17,18). The number of nitrogens with zero attached hydrogens (tertiary/aromatic N) is 2. The minimum atomic E-state index is -1.15. The van der Waals surface area contributed by atoms with Gasteiger partial charge in [-0.05, 0) is 25.7 Å². The second-order valence-electron chi connectivity index (χ2n) is 3.86. The lowest BCUT2D eigenvalue weighted by molar-refractivity contribution is 0.0690. The Morgan fingerprint density at radius 3 is 2.83 bits per heavy atom. The van der Waals surface area contributed by atoms with Crippen LogP contribution in [0.3, 0.4) is 0 Å². The molecule has 2 N–H and O–H groups in total. The fraction of sp³-hybridized carbons (Fsp3) is 0.417. The van der Waals surface area contributed by atoms with Crippen LogP contribution in [0.2, 0.25) is 0 Å². The molecule has 0 radical (unpaired) electrons. The van der Waals surface area contributed by atoms with E-state index in [4.69, 9.17) is 5.11 Å². The van der Waals surface area contributed by atoms with Crippen molar-refractivity contribution < 1.29 is 14.7 Å². The van der Waals surface area contributed by atoms with E-state index < -0.39 is 11.9 Å². The van der Waals surface area contributed by atoms with Gasteiger partial charge in [0, 0.05) is 19.3 Å². The Morgan fingerprint density at radius 1 is 1.50 bits per heavy atom. The van der Waals surface area contributed by atoms with Crippen molar-refractivity contribution in [3.05, 3.63) is 29.6 Å². The van der Waals surface area contributed by atoms with Crippen molar-refractivity contribution in [2.75, 3.05) is 26.7 Å². The Hall–Kier alpha value is -1.95. The van der Waals surface area contributed by atoms with E-state index in [-0.39, 0.29) is 11.3 Å². The summed E-state index contributed by atoms with van der Waals surface area (Å²) in [6.45, 7) is 4.07. The van der Waals surface area contributed by atoms with Crippen LogP contribution in [0, 0.1) is 0 Å². The molecule has 1 amide bonds. The molecule has 0 atom stereocenters. The second kappa shape index (κ2) is 6.70. The van der Waals surface area contributed by atoms with Gasteiger partial charge in [0.25, 0.3) is 5.91 Å². The zero-order valence-corrected chi connectivity index (χ0v) is 10.5. The highest BCUT2D eigenvalue weighted by molar-refractivity contribution is 6.03. The molecule has 98 valence electrons. The van der Waals surface area contributed by atoms with Crippen LogP contribution in [0.15, 0.2) is 18.3 Å². The summed E-state index contributed by atoms with van der Waals surface area (Å²) in [5.41, 5.74) is -0.136. The molecule has 0 aliphatic carbocycles. The number of nitrogens with one attached hydrogen (secondary N) is 1. The van der Waals surface area contributed by atoms with E-state index in [1.807, 2.05) is 18.9 Å². The van der Waals surface area contributed by atoms with Crippen LogP contribution in [0.5, 0.6) is 0 Å². The molecule has 1 aromatic rings. The van der Waals surface area contributed by atoms with Crippen molar-refractivity contribution in [3.8, 4) is 0 Å². The van der Waals surface area contributed by atoms with E-state index in [9.17, 15) is 9.59 Å². The molecule has 18 heavy (non-hydrogen) atoms. The maximum absolute atomic E-state index is 11.8. The SMILES string of the molecule is CCN(C)CCNC(=O)c1ncccc1C(=O)O. The van der Waals surface area contributed by atoms with Gasteiger partial charge in [0.15, 0.2) is 0 Å². The smallest absolute Gasteiger partial charge is 0.338 e. The van der Waals surface area contributed by atoms with Crippen molar-refractivity contribution in [1.82, 2.24) is 15.2 Å². The van der Waals surface area contributed by atoms with Crippen molar-refractivity contribution in [2.24, 2.45) is 0 Å². The molecule has 0 aliphatic rings. The van der Waals surface area contributed by atoms with Crippen LogP contribution in [-0.2, 0) is 0 Å². The molecule has 0 aromatic carbocycles. The van der Waals surface area contributed by atoms with Gasteiger partial charge in [0.1, 0.15) is 5.69 Å². The molecule has 0 saturated carbocycles. The molecular weight excluding hydrogens is 234 g/mol. The van der Waals surface area contributed by atoms with Gasteiger partial charge < -0.3 is 15.3 Å². The predicted molar refractivity (Wildman–Crippen MR) is 66.7 cm³/mol. The van der Waals surface area contributed by atoms with Gasteiger partial charge in [-0.2, -0.15) is 0 Å². The Kier molecular flexibility index (Phi) is 5.26. The lowest BCUT2D eigenvalue weighted by Gasteiger charge is -2.14. The minimum Gasteiger partial charge on any atom is -0.478 e. The number of carboxylic acids is 1. The summed E-state index contributed by atoms with van der Waals surface area (Å²) in [5.74, 6) is -1.61. The van der Waals surface area contributed by atoms with E-state index in [1.54, 1.807) is 0 Å². The summed E-state index contributed by atoms with van der Waals surface area (Å²) in [5, 5.41) is 11.6. The van der Waals surface area contributed by atoms with E-state index in [1.165, 1.54) is 18.3 Å². The zero-order valence-electron chi connectivity index (χ0n) is 10.5. The third kappa shape index (κ3) is 3.81. The van der Waals surface area contributed by atoms with Crippen LogP contribution in [0.4, 0.5) is 0 Å². The molecule has 6 nitrogen and oxygen atoms in total. The molecule has 0 saturated heterocycles. The lowest BCUT2D eigenvalue weighted by Crippen LogP contribution is -2.34. The summed E-state index contributed by atoms with van der Waals surface area (Å²) < 4.78 is 0. The monoisotopic (exact) mass is 251 g/mol. The van der Waals surface area contributed by atoms with Gasteiger partial charge in [0.2, 0.25) is 0 Å². The Labute approximate surface area is 106 Å². The zero-order chi connectivity index (χ0) is 13.5. The normalized spacial score (nSPS) is 10.4. The maximum Gasteiger partial charge on any atom is 0.338 e. The van der Waals surface area contributed by atoms with Crippen LogP contribution in [-0.4, -0.2) is 53.5 Å². The third-order valence-electron chi connectivity index (χ3n) is 2.57. The van der Waals surface area contributed by atoms with Crippen LogP contribution < -0.4 is 5.32 Å². The first-order chi connectivity index (χ1) is 8.56. The van der Waals surface area contributed by atoms with Crippen LogP contribution in [0.1, 0.15) is 27.8 Å². The topological polar surface area (TPSA) is 82.5 Å². The number of rotatable bonds is 6. The number of carboxylic acid groups (broad SMARTS) is 1. The second-order valence-corrected chi connectivity index (χ2v) is 3.86. The van der Waals surface area contributed by atoms with E-state index in [0.717, 1.165) is 6.54 Å². The van der Waals surface area contributed by atoms with Crippen LogP contribution >= 0.6 is 0 Å². The summed E-state index contributed by atoms with van der Waals surface area (Å²) in [6.07, 6.45) is 1.40. The molecule has 0 aliphatic heterocycles. The number of hydrogen-bond acceptors (Lipinski definition) is 4. The maximum atomic E-state index is 11.8. The average Bonchev–Trinajstić information content (AvgIpc) is 2.38. The highest BCUT2D eigenvalue weighted by Gasteiger charge is 2.16. The number of hydrogen-bond donors (Lipinski definition) is 2. The van der Waals surface area contributed by atoms with Crippen molar-refractivity contribution in [2.45, 2.75) is 6.92 Å². The molecule has 6 heteroatoms. The van der Waals surface area contributed by atoms with Crippen molar-refractivity contribution in [3.63, 3.8) is 0 Å². The summed E-state index contributed by atoms with van der Waals surface area (Å²) in [6, 6.07) is 2.85. The first kappa shape index (κ1) is 14.1. The lowest BCUT2D eigenvalue weighted by atomic mass is 10.2. The number of aromatic nitrogens is 1. The predicted octanol–water partition coefficient (Wildman–Crippen LogP) is 0.461. The van der Waals surface area contributed by atoms with Gasteiger partial charge in [-0.1, -0.05) is 6.92 Å². The first-order valence-electron chi connectivity index (χ1n) is 5.71. The van der Waals surface area contributed by atoms with Crippen molar-refractivity contribution >= 4 is 11.9 Å². The molecule has 1 heterocycles. The first-order valence-corrected chi connectivity index (χ1v) is 5.71. The largest absolute Gasteiger partial charge is 0.478 e. The minimum absolute atomic E-state index is 0.0517. The molecule has 1 rings (SSSR count). The number of amides is 1. The van der Waals surface area contributed by atoms with Gasteiger partial charge in [-0.15, -0.1) is 0 Å². The highest BCUT2D eigenvalue weighted by Crippen LogP contribution is 2.04. The van der Waals surface area contributed by atoms with Gasteiger partial charge in [-0.25, -0.2) is 4.79 Å².